The third-order valence-electron chi connectivity index (χ3n) is 3.18. The van der Waals surface area contributed by atoms with Crippen LogP contribution in [0.3, 0.4) is 0 Å². The highest BCUT2D eigenvalue weighted by atomic mass is 35.7. The Hall–Kier alpha value is -1.90. The van der Waals surface area contributed by atoms with Gasteiger partial charge in [-0.05, 0) is 42.8 Å². The molecule has 23 heavy (non-hydrogen) atoms. The molecule has 0 aliphatic carbocycles. The van der Waals surface area contributed by atoms with Crippen molar-refractivity contribution in [2.75, 3.05) is 5.32 Å². The molecule has 0 aliphatic rings. The Morgan fingerprint density at radius 3 is 2.52 bits per heavy atom. The molecule has 3 rings (SSSR count). The Labute approximate surface area is 141 Å². The van der Waals surface area contributed by atoms with Gasteiger partial charge in [-0.15, -0.1) is 0 Å². The zero-order chi connectivity index (χ0) is 16.6. The Kier molecular flexibility index (Phi) is 4.13. The Bertz CT molecular complexity index is 970. The molecule has 0 atom stereocenters. The molecule has 0 unspecified atom stereocenters. The standard InChI is InChI=1S/C13H11Cl2N5O2S/c1-2-20-7-16-10-11(18-13(14)19-12(10)20)17-8-3-5-9(6-4-8)23(15,21)22/h3-7H,2H2,1H3,(H,17,18,19). The molecule has 0 saturated carbocycles. The van der Waals surface area contributed by atoms with Crippen LogP contribution in [0.2, 0.25) is 5.28 Å². The fraction of sp³-hybridized carbons (Fsp3) is 0.154. The topological polar surface area (TPSA) is 89.8 Å². The van der Waals surface area contributed by atoms with Crippen LogP contribution in [0, 0.1) is 0 Å². The minimum absolute atomic E-state index is 0.0193. The summed E-state index contributed by atoms with van der Waals surface area (Å²) in [7, 11) is 1.54. The Morgan fingerprint density at radius 1 is 1.22 bits per heavy atom. The summed E-state index contributed by atoms with van der Waals surface area (Å²) in [5.41, 5.74) is 1.82. The second-order valence-corrected chi connectivity index (χ2v) is 7.54. The molecule has 0 amide bonds. The Morgan fingerprint density at radius 2 is 1.91 bits per heavy atom. The van der Waals surface area contributed by atoms with Crippen LogP contribution in [0.1, 0.15) is 6.92 Å². The first kappa shape index (κ1) is 16.0. The number of aromatic nitrogens is 4. The monoisotopic (exact) mass is 371 g/mol. The van der Waals surface area contributed by atoms with Gasteiger partial charge in [0.05, 0.1) is 11.2 Å². The number of nitrogens with zero attached hydrogens (tertiary/aromatic N) is 4. The van der Waals surface area contributed by atoms with Crippen molar-refractivity contribution < 1.29 is 8.42 Å². The van der Waals surface area contributed by atoms with E-state index in [9.17, 15) is 8.42 Å². The summed E-state index contributed by atoms with van der Waals surface area (Å²) in [5.74, 6) is 0.439. The number of aryl methyl sites for hydroxylation is 1. The summed E-state index contributed by atoms with van der Waals surface area (Å²) < 4.78 is 24.3. The molecule has 0 spiro atoms. The lowest BCUT2D eigenvalue weighted by Gasteiger charge is -2.07. The minimum Gasteiger partial charge on any atom is -0.338 e. The molecule has 0 saturated heterocycles. The molecule has 0 bridgehead atoms. The van der Waals surface area contributed by atoms with Crippen molar-refractivity contribution in [1.29, 1.82) is 0 Å². The maximum atomic E-state index is 11.3. The van der Waals surface area contributed by atoms with E-state index in [1.165, 1.54) is 12.1 Å². The molecular weight excluding hydrogens is 361 g/mol. The van der Waals surface area contributed by atoms with E-state index in [4.69, 9.17) is 22.3 Å². The number of halogens is 2. The zero-order valence-corrected chi connectivity index (χ0v) is 14.2. The molecule has 1 aromatic carbocycles. The molecule has 2 aromatic heterocycles. The molecule has 7 nitrogen and oxygen atoms in total. The average molecular weight is 372 g/mol. The molecule has 3 aromatic rings. The number of imidazole rings is 1. The fourth-order valence-corrected chi connectivity index (χ4v) is 3.01. The second-order valence-electron chi connectivity index (χ2n) is 4.63. The van der Waals surface area contributed by atoms with Crippen LogP contribution in [-0.2, 0) is 15.6 Å². The zero-order valence-electron chi connectivity index (χ0n) is 11.9. The largest absolute Gasteiger partial charge is 0.338 e. The summed E-state index contributed by atoms with van der Waals surface area (Å²) in [4.78, 5) is 12.6. The SMILES string of the molecule is CCn1cnc2c(Nc3ccc(S(=O)(=O)Cl)cc3)nc(Cl)nc21. The van der Waals surface area contributed by atoms with Gasteiger partial charge in [-0.2, -0.15) is 9.97 Å². The lowest BCUT2D eigenvalue weighted by molar-refractivity contribution is 0.609. The first-order chi connectivity index (χ1) is 10.9. The summed E-state index contributed by atoms with van der Waals surface area (Å²) in [6.45, 7) is 2.67. The third kappa shape index (κ3) is 3.24. The van der Waals surface area contributed by atoms with Crippen LogP contribution in [0.15, 0.2) is 35.5 Å². The summed E-state index contributed by atoms with van der Waals surface area (Å²) in [6, 6.07) is 5.95. The minimum atomic E-state index is -3.75. The average Bonchev–Trinajstić information content (AvgIpc) is 2.89. The Balaban J connectivity index is 2.00. The normalized spacial score (nSPS) is 11.8. The van der Waals surface area contributed by atoms with Gasteiger partial charge < -0.3 is 9.88 Å². The molecule has 0 fully saturated rings. The van der Waals surface area contributed by atoms with Crippen LogP contribution in [0.4, 0.5) is 11.5 Å². The van der Waals surface area contributed by atoms with Gasteiger partial charge in [-0.25, -0.2) is 13.4 Å². The van der Waals surface area contributed by atoms with Gasteiger partial charge in [0.2, 0.25) is 5.28 Å². The highest BCUT2D eigenvalue weighted by molar-refractivity contribution is 8.13. The highest BCUT2D eigenvalue weighted by Crippen LogP contribution is 2.25. The van der Waals surface area contributed by atoms with Gasteiger partial charge in [0, 0.05) is 22.9 Å². The number of fused-ring (bicyclic) bond motifs is 1. The van der Waals surface area contributed by atoms with Gasteiger partial charge in [0.1, 0.15) is 0 Å². The number of rotatable bonds is 4. The quantitative estimate of drug-likeness (QED) is 0.559. The first-order valence-electron chi connectivity index (χ1n) is 6.58. The van der Waals surface area contributed by atoms with Crippen molar-refractivity contribution in [1.82, 2.24) is 19.5 Å². The first-order valence-corrected chi connectivity index (χ1v) is 9.27. The fourth-order valence-electron chi connectivity index (χ4n) is 2.07. The summed E-state index contributed by atoms with van der Waals surface area (Å²) in [6.07, 6.45) is 1.66. The van der Waals surface area contributed by atoms with Crippen molar-refractivity contribution in [3.63, 3.8) is 0 Å². The molecule has 1 N–H and O–H groups in total. The van der Waals surface area contributed by atoms with E-state index in [-0.39, 0.29) is 10.2 Å². The molecular formula is C13H11Cl2N5O2S. The summed E-state index contributed by atoms with van der Waals surface area (Å²) >= 11 is 5.96. The number of benzene rings is 1. The van der Waals surface area contributed by atoms with Gasteiger partial charge in [0.25, 0.3) is 9.05 Å². The molecule has 0 aliphatic heterocycles. The summed E-state index contributed by atoms with van der Waals surface area (Å²) in [5, 5.41) is 3.15. The van der Waals surface area contributed by atoms with Gasteiger partial charge in [-0.3, -0.25) is 0 Å². The van der Waals surface area contributed by atoms with E-state index in [0.717, 1.165) is 0 Å². The van der Waals surface area contributed by atoms with E-state index in [1.807, 2.05) is 11.5 Å². The molecule has 10 heteroatoms. The third-order valence-corrected chi connectivity index (χ3v) is 4.71. The number of hydrogen-bond donors (Lipinski definition) is 1. The maximum absolute atomic E-state index is 11.3. The highest BCUT2D eigenvalue weighted by Gasteiger charge is 2.13. The van der Waals surface area contributed by atoms with Crippen molar-refractivity contribution in [3.05, 3.63) is 35.9 Å². The lowest BCUT2D eigenvalue weighted by atomic mass is 10.3. The van der Waals surface area contributed by atoms with E-state index < -0.39 is 9.05 Å². The van der Waals surface area contributed by atoms with Crippen LogP contribution in [0.5, 0.6) is 0 Å². The number of nitrogens with one attached hydrogen (secondary N) is 1. The van der Waals surface area contributed by atoms with Gasteiger partial charge >= 0.3 is 0 Å². The van der Waals surface area contributed by atoms with Crippen molar-refractivity contribution >= 4 is 54.0 Å². The van der Waals surface area contributed by atoms with E-state index in [2.05, 4.69) is 20.3 Å². The second kappa shape index (κ2) is 5.95. The molecule has 120 valence electrons. The van der Waals surface area contributed by atoms with E-state index in [0.29, 0.717) is 29.2 Å². The van der Waals surface area contributed by atoms with Crippen LogP contribution in [0.25, 0.3) is 11.2 Å². The van der Waals surface area contributed by atoms with Crippen LogP contribution >= 0.6 is 22.3 Å². The van der Waals surface area contributed by atoms with Crippen LogP contribution in [-0.4, -0.2) is 27.9 Å². The van der Waals surface area contributed by atoms with Gasteiger partial charge in [-0.1, -0.05) is 0 Å². The van der Waals surface area contributed by atoms with Crippen molar-refractivity contribution in [2.45, 2.75) is 18.4 Å². The maximum Gasteiger partial charge on any atom is 0.261 e. The van der Waals surface area contributed by atoms with Crippen molar-refractivity contribution in [3.8, 4) is 0 Å². The smallest absolute Gasteiger partial charge is 0.261 e. The number of anilines is 2. The van der Waals surface area contributed by atoms with Gasteiger partial charge in [0.15, 0.2) is 17.0 Å². The van der Waals surface area contributed by atoms with E-state index in [1.54, 1.807) is 18.5 Å². The number of hydrogen-bond acceptors (Lipinski definition) is 6. The van der Waals surface area contributed by atoms with Crippen molar-refractivity contribution in [2.24, 2.45) is 0 Å². The predicted molar refractivity (Wildman–Crippen MR) is 88.8 cm³/mol. The van der Waals surface area contributed by atoms with Crippen LogP contribution < -0.4 is 5.32 Å². The molecule has 0 radical (unpaired) electrons. The lowest BCUT2D eigenvalue weighted by Crippen LogP contribution is -2.00. The predicted octanol–water partition coefficient (Wildman–Crippen LogP) is 3.17. The molecule has 2 heterocycles. The van der Waals surface area contributed by atoms with E-state index >= 15 is 0 Å².